The zero-order valence-corrected chi connectivity index (χ0v) is 25.7. The molecule has 4 aromatic carbocycles. The van der Waals surface area contributed by atoms with E-state index in [0.29, 0.717) is 22.3 Å². The highest BCUT2D eigenvalue weighted by Crippen LogP contribution is 2.30. The Kier molecular flexibility index (Phi) is 10.6. The maximum absolute atomic E-state index is 13.6. The first-order chi connectivity index (χ1) is 21.6. The van der Waals surface area contributed by atoms with Crippen LogP contribution >= 0.6 is 0 Å². The van der Waals surface area contributed by atoms with Gasteiger partial charge in [-0.15, -0.1) is 0 Å². The molecule has 4 nitrogen and oxygen atoms in total. The predicted molar refractivity (Wildman–Crippen MR) is 181 cm³/mol. The lowest BCUT2D eigenvalue weighted by Gasteiger charge is -2.18. The van der Waals surface area contributed by atoms with E-state index >= 15 is 0 Å². The summed E-state index contributed by atoms with van der Waals surface area (Å²) in [7, 11) is 0. The van der Waals surface area contributed by atoms with Crippen LogP contribution in [0.3, 0.4) is 0 Å². The van der Waals surface area contributed by atoms with Crippen LogP contribution in [0.25, 0.3) is 24.3 Å². The molecule has 0 bridgehead atoms. The largest absolute Gasteiger partial charge is 0.494 e. The summed E-state index contributed by atoms with van der Waals surface area (Å²) in [6.07, 6.45) is 14.7. The molecule has 0 fully saturated rings. The molecule has 4 heteroatoms. The standard InChI is InChI=1S/C40H40O4/c1-3-5-7-25-43-33-19-13-29(14-20-33)9-11-31-17-23-35-37(27-31)40(42)38-28-32(18-24-36(38)39(35)41)12-10-30-15-21-34(22-16-30)44-26-8-6-4-2/h9-24,27-28H,3-8,25-26H2,1-2H3. The Hall–Kier alpha value is -4.70. The van der Waals surface area contributed by atoms with Crippen LogP contribution in [0.4, 0.5) is 0 Å². The van der Waals surface area contributed by atoms with Crippen LogP contribution < -0.4 is 9.47 Å². The number of benzene rings is 4. The molecule has 0 aliphatic heterocycles. The van der Waals surface area contributed by atoms with E-state index in [0.717, 1.165) is 59.8 Å². The van der Waals surface area contributed by atoms with Crippen LogP contribution in [-0.2, 0) is 0 Å². The summed E-state index contributed by atoms with van der Waals surface area (Å²) in [6.45, 7) is 5.82. The Morgan fingerprint density at radius 2 is 0.818 bits per heavy atom. The average molecular weight is 585 g/mol. The van der Waals surface area contributed by atoms with E-state index in [4.69, 9.17) is 9.47 Å². The Labute approximate surface area is 261 Å². The number of fused-ring (bicyclic) bond motifs is 2. The SMILES string of the molecule is CCCCCOc1ccc(C=Cc2ccc3c(c2)C(=O)c2cc(C=Cc4ccc(OCCCCC)cc4)ccc2C3=O)cc1. The molecule has 0 spiro atoms. The summed E-state index contributed by atoms with van der Waals surface area (Å²) in [5, 5.41) is 0. The molecular formula is C40H40O4. The summed E-state index contributed by atoms with van der Waals surface area (Å²) in [4.78, 5) is 26.9. The minimum Gasteiger partial charge on any atom is -0.494 e. The summed E-state index contributed by atoms with van der Waals surface area (Å²) in [5.74, 6) is 1.48. The molecule has 0 saturated heterocycles. The summed E-state index contributed by atoms with van der Waals surface area (Å²) >= 11 is 0. The van der Waals surface area contributed by atoms with Gasteiger partial charge >= 0.3 is 0 Å². The lowest BCUT2D eigenvalue weighted by molar-refractivity contribution is 0.0979. The Bertz CT molecular complexity index is 1520. The number of carbonyl (C=O) groups excluding carboxylic acids is 2. The molecule has 44 heavy (non-hydrogen) atoms. The van der Waals surface area contributed by atoms with Crippen molar-refractivity contribution in [1.82, 2.24) is 0 Å². The molecule has 0 heterocycles. The molecule has 0 N–H and O–H groups in total. The van der Waals surface area contributed by atoms with Gasteiger partial charge in [0, 0.05) is 22.3 Å². The first-order valence-electron chi connectivity index (χ1n) is 15.7. The zero-order chi connectivity index (χ0) is 30.7. The van der Waals surface area contributed by atoms with Crippen molar-refractivity contribution >= 4 is 35.9 Å². The van der Waals surface area contributed by atoms with Gasteiger partial charge in [-0.05, 0) is 83.6 Å². The van der Waals surface area contributed by atoms with Crippen LogP contribution in [0, 0.1) is 0 Å². The first kappa shape index (κ1) is 30.7. The van der Waals surface area contributed by atoms with E-state index in [-0.39, 0.29) is 11.6 Å². The topological polar surface area (TPSA) is 52.6 Å². The monoisotopic (exact) mass is 584 g/mol. The van der Waals surface area contributed by atoms with Crippen molar-refractivity contribution in [2.75, 3.05) is 13.2 Å². The number of rotatable bonds is 14. The van der Waals surface area contributed by atoms with E-state index < -0.39 is 0 Å². The van der Waals surface area contributed by atoms with Crippen molar-refractivity contribution in [1.29, 1.82) is 0 Å². The molecule has 5 rings (SSSR count). The van der Waals surface area contributed by atoms with Gasteiger partial charge in [0.05, 0.1) is 13.2 Å². The maximum atomic E-state index is 13.6. The van der Waals surface area contributed by atoms with Crippen LogP contribution in [-0.4, -0.2) is 24.8 Å². The van der Waals surface area contributed by atoms with Crippen LogP contribution in [0.1, 0.15) is 106 Å². The van der Waals surface area contributed by atoms with E-state index in [2.05, 4.69) is 13.8 Å². The van der Waals surface area contributed by atoms with Gasteiger partial charge in [-0.25, -0.2) is 0 Å². The van der Waals surface area contributed by atoms with E-state index in [1.54, 1.807) is 12.1 Å². The highest BCUT2D eigenvalue weighted by Gasteiger charge is 2.29. The second-order valence-corrected chi connectivity index (χ2v) is 11.2. The molecule has 0 saturated carbocycles. The number of hydrogen-bond acceptors (Lipinski definition) is 4. The van der Waals surface area contributed by atoms with Crippen molar-refractivity contribution in [2.45, 2.75) is 52.4 Å². The Balaban J connectivity index is 1.26. The summed E-state index contributed by atoms with van der Waals surface area (Å²) in [6, 6.07) is 26.9. The van der Waals surface area contributed by atoms with E-state index in [1.165, 1.54) is 25.7 Å². The highest BCUT2D eigenvalue weighted by molar-refractivity contribution is 6.28. The molecule has 224 valence electrons. The molecule has 0 aromatic heterocycles. The molecule has 1 aliphatic carbocycles. The second-order valence-electron chi connectivity index (χ2n) is 11.2. The van der Waals surface area contributed by atoms with Gasteiger partial charge in [0.25, 0.3) is 0 Å². The van der Waals surface area contributed by atoms with E-state index in [1.807, 2.05) is 97.1 Å². The number of ketones is 2. The number of hydrogen-bond donors (Lipinski definition) is 0. The molecule has 0 amide bonds. The lowest BCUT2D eigenvalue weighted by Crippen LogP contribution is -2.21. The number of carbonyl (C=O) groups is 2. The van der Waals surface area contributed by atoms with Crippen LogP contribution in [0.5, 0.6) is 11.5 Å². The molecule has 0 unspecified atom stereocenters. The van der Waals surface area contributed by atoms with Gasteiger partial charge in [0.1, 0.15) is 11.5 Å². The minimum atomic E-state index is -0.130. The lowest BCUT2D eigenvalue weighted by atomic mass is 9.82. The van der Waals surface area contributed by atoms with Crippen molar-refractivity contribution in [3.63, 3.8) is 0 Å². The molecule has 0 atom stereocenters. The third-order valence-electron chi connectivity index (χ3n) is 7.80. The number of unbranched alkanes of at least 4 members (excludes halogenated alkanes) is 4. The predicted octanol–water partition coefficient (Wildman–Crippen LogP) is 9.94. The van der Waals surface area contributed by atoms with Gasteiger partial charge in [0.2, 0.25) is 0 Å². The average Bonchev–Trinajstić information content (AvgIpc) is 3.06. The van der Waals surface area contributed by atoms with Crippen molar-refractivity contribution in [3.05, 3.63) is 129 Å². The van der Waals surface area contributed by atoms with Crippen molar-refractivity contribution < 1.29 is 19.1 Å². The van der Waals surface area contributed by atoms with Crippen molar-refractivity contribution in [2.24, 2.45) is 0 Å². The first-order valence-corrected chi connectivity index (χ1v) is 15.7. The number of ether oxygens (including phenoxy) is 2. The van der Waals surface area contributed by atoms with Gasteiger partial charge in [-0.2, -0.15) is 0 Å². The Morgan fingerprint density at radius 1 is 0.455 bits per heavy atom. The zero-order valence-electron chi connectivity index (χ0n) is 25.7. The van der Waals surface area contributed by atoms with E-state index in [9.17, 15) is 9.59 Å². The van der Waals surface area contributed by atoms with Gasteiger partial charge in [-0.1, -0.05) is 100 Å². The highest BCUT2D eigenvalue weighted by atomic mass is 16.5. The van der Waals surface area contributed by atoms with Crippen molar-refractivity contribution in [3.8, 4) is 11.5 Å². The second kappa shape index (κ2) is 15.2. The molecule has 0 radical (unpaired) electrons. The molecule has 1 aliphatic rings. The third-order valence-corrected chi connectivity index (χ3v) is 7.80. The smallest absolute Gasteiger partial charge is 0.194 e. The summed E-state index contributed by atoms with van der Waals surface area (Å²) in [5.41, 5.74) is 5.56. The fraction of sp³-hybridized carbons (Fsp3) is 0.250. The molecular weight excluding hydrogens is 544 g/mol. The normalized spacial score (nSPS) is 12.5. The van der Waals surface area contributed by atoms with Crippen LogP contribution in [0.2, 0.25) is 0 Å². The Morgan fingerprint density at radius 3 is 1.23 bits per heavy atom. The fourth-order valence-corrected chi connectivity index (χ4v) is 5.21. The van der Waals surface area contributed by atoms with Crippen LogP contribution in [0.15, 0.2) is 84.9 Å². The molecule has 4 aromatic rings. The van der Waals surface area contributed by atoms with Gasteiger partial charge < -0.3 is 9.47 Å². The van der Waals surface area contributed by atoms with Gasteiger partial charge in [0.15, 0.2) is 11.6 Å². The van der Waals surface area contributed by atoms with Gasteiger partial charge in [-0.3, -0.25) is 9.59 Å². The quantitative estimate of drug-likeness (QED) is 0.0963. The fourth-order valence-electron chi connectivity index (χ4n) is 5.21. The third kappa shape index (κ3) is 7.82. The maximum Gasteiger partial charge on any atom is 0.194 e. The minimum absolute atomic E-state index is 0.121. The summed E-state index contributed by atoms with van der Waals surface area (Å²) < 4.78 is 11.6.